The van der Waals surface area contributed by atoms with Crippen LogP contribution < -0.4 is 0 Å². The van der Waals surface area contributed by atoms with Crippen LogP contribution in [0.3, 0.4) is 0 Å². The van der Waals surface area contributed by atoms with Crippen molar-refractivity contribution in [2.45, 2.75) is 50.4 Å². The lowest BCUT2D eigenvalue weighted by Gasteiger charge is -2.37. The van der Waals surface area contributed by atoms with E-state index in [4.69, 9.17) is 0 Å². The fourth-order valence-corrected chi connectivity index (χ4v) is 10.1. The molecule has 0 amide bonds. The van der Waals surface area contributed by atoms with Crippen LogP contribution in [0.15, 0.2) is 24.3 Å². The minimum Gasteiger partial charge on any atom is -0.0851 e. The van der Waals surface area contributed by atoms with Gasteiger partial charge in [-0.15, -0.1) is 0 Å². The first-order valence-corrected chi connectivity index (χ1v) is 11.3. The number of hydrogen-bond donors (Lipinski definition) is 0. The molecule has 0 aromatic rings. The molecule has 0 spiro atoms. The molecule has 6 unspecified atom stereocenters. The molecule has 1 heteroatoms. The van der Waals surface area contributed by atoms with Crippen LogP contribution in [0.5, 0.6) is 0 Å². The standard InChI is InChI=1S/C17H26Si/c1-18(2,17-10-13-4-6-15(17)8-13)11-16-9-12-3-5-14(16)7-12/h3-6,12-17H,7-11H2,1-2H3. The van der Waals surface area contributed by atoms with Crippen molar-refractivity contribution >= 4 is 8.07 Å². The summed E-state index contributed by atoms with van der Waals surface area (Å²) in [7, 11) is -1.01. The molecule has 0 radical (unpaired) electrons. The lowest BCUT2D eigenvalue weighted by atomic mass is 9.96. The van der Waals surface area contributed by atoms with Crippen LogP contribution in [0.4, 0.5) is 0 Å². The van der Waals surface area contributed by atoms with Crippen LogP contribution in [-0.4, -0.2) is 8.07 Å². The van der Waals surface area contributed by atoms with Crippen molar-refractivity contribution in [3.8, 4) is 0 Å². The van der Waals surface area contributed by atoms with Gasteiger partial charge in [0.05, 0.1) is 8.07 Å². The first-order chi connectivity index (χ1) is 8.62. The zero-order valence-corrected chi connectivity index (χ0v) is 12.8. The monoisotopic (exact) mass is 258 g/mol. The van der Waals surface area contributed by atoms with Gasteiger partial charge >= 0.3 is 0 Å². The van der Waals surface area contributed by atoms with Gasteiger partial charge in [-0.1, -0.05) is 43.4 Å². The highest BCUT2D eigenvalue weighted by Gasteiger charge is 2.47. The summed E-state index contributed by atoms with van der Waals surface area (Å²) in [6, 6.07) is 1.61. The molecule has 6 atom stereocenters. The Morgan fingerprint density at radius 2 is 1.50 bits per heavy atom. The van der Waals surface area contributed by atoms with Gasteiger partial charge in [0.1, 0.15) is 0 Å². The number of fused-ring (bicyclic) bond motifs is 4. The maximum absolute atomic E-state index is 2.70. The second-order valence-corrected chi connectivity index (χ2v) is 13.2. The molecule has 0 aromatic carbocycles. The van der Waals surface area contributed by atoms with Gasteiger partial charge in [0.15, 0.2) is 0 Å². The van der Waals surface area contributed by atoms with E-state index in [-0.39, 0.29) is 0 Å². The van der Waals surface area contributed by atoms with Gasteiger partial charge in [0.2, 0.25) is 0 Å². The molecular formula is C17H26Si. The molecule has 2 saturated carbocycles. The molecule has 0 saturated heterocycles. The molecule has 4 rings (SSSR count). The summed E-state index contributed by atoms with van der Waals surface area (Å²) in [5.74, 6) is 4.93. The first-order valence-electron chi connectivity index (χ1n) is 7.98. The molecule has 0 aliphatic heterocycles. The summed E-state index contributed by atoms with van der Waals surface area (Å²) in [6.45, 7) is 5.39. The summed E-state index contributed by atoms with van der Waals surface area (Å²) in [6.07, 6.45) is 16.2. The van der Waals surface area contributed by atoms with Crippen LogP contribution in [0.25, 0.3) is 0 Å². The smallest absolute Gasteiger partial charge is 0.0513 e. The summed E-state index contributed by atoms with van der Waals surface area (Å²) >= 11 is 0. The van der Waals surface area contributed by atoms with E-state index in [9.17, 15) is 0 Å². The quantitative estimate of drug-likeness (QED) is 0.500. The molecule has 0 N–H and O–H groups in total. The number of rotatable bonds is 3. The first kappa shape index (κ1) is 11.5. The van der Waals surface area contributed by atoms with Gasteiger partial charge in [-0.05, 0) is 60.8 Å². The minimum atomic E-state index is -1.01. The Morgan fingerprint density at radius 1 is 0.833 bits per heavy atom. The number of hydrogen-bond acceptors (Lipinski definition) is 0. The average Bonchev–Trinajstić information content (AvgIpc) is 3.08. The summed E-state index contributed by atoms with van der Waals surface area (Å²) < 4.78 is 0. The zero-order chi connectivity index (χ0) is 12.3. The summed E-state index contributed by atoms with van der Waals surface area (Å²) in [4.78, 5) is 0. The fourth-order valence-electron chi connectivity index (χ4n) is 5.64. The predicted octanol–water partition coefficient (Wildman–Crippen LogP) is 4.87. The van der Waals surface area contributed by atoms with E-state index in [0.29, 0.717) is 0 Å². The van der Waals surface area contributed by atoms with Gasteiger partial charge in [-0.3, -0.25) is 0 Å². The molecule has 0 nitrogen and oxygen atoms in total. The Bertz CT molecular complexity index is 406. The largest absolute Gasteiger partial charge is 0.0851 e. The highest BCUT2D eigenvalue weighted by molar-refractivity contribution is 6.79. The van der Waals surface area contributed by atoms with Crippen molar-refractivity contribution in [2.75, 3.05) is 0 Å². The molecule has 4 bridgehead atoms. The molecule has 4 aliphatic rings. The topological polar surface area (TPSA) is 0 Å². The lowest BCUT2D eigenvalue weighted by molar-refractivity contribution is 0.480. The van der Waals surface area contributed by atoms with Crippen LogP contribution in [-0.2, 0) is 0 Å². The van der Waals surface area contributed by atoms with Crippen molar-refractivity contribution < 1.29 is 0 Å². The molecule has 18 heavy (non-hydrogen) atoms. The summed E-state index contributed by atoms with van der Waals surface area (Å²) in [5, 5.41) is 0. The van der Waals surface area contributed by atoms with E-state index >= 15 is 0 Å². The van der Waals surface area contributed by atoms with E-state index < -0.39 is 8.07 Å². The molecule has 98 valence electrons. The third-order valence-corrected chi connectivity index (χ3v) is 10.7. The molecular weight excluding hydrogens is 232 g/mol. The van der Waals surface area contributed by atoms with E-state index in [1.54, 1.807) is 6.04 Å². The van der Waals surface area contributed by atoms with Gasteiger partial charge in [0.25, 0.3) is 0 Å². The molecule has 4 aliphatic carbocycles. The SMILES string of the molecule is C[Si](C)(CC1CC2C=CC1C2)C1CC2C=CC1C2. The Kier molecular flexibility index (Phi) is 2.46. The third-order valence-electron chi connectivity index (χ3n) is 6.49. The molecule has 0 aromatic heterocycles. The van der Waals surface area contributed by atoms with Gasteiger partial charge in [-0.2, -0.15) is 0 Å². The van der Waals surface area contributed by atoms with Crippen molar-refractivity contribution in [2.24, 2.45) is 29.6 Å². The van der Waals surface area contributed by atoms with Crippen molar-refractivity contribution in [3.05, 3.63) is 24.3 Å². The third kappa shape index (κ3) is 1.70. The molecule has 0 heterocycles. The van der Waals surface area contributed by atoms with Crippen molar-refractivity contribution in [1.29, 1.82) is 0 Å². The second kappa shape index (κ2) is 3.85. The fraction of sp³-hybridized carbons (Fsp3) is 0.765. The highest BCUT2D eigenvalue weighted by Crippen LogP contribution is 2.55. The van der Waals surface area contributed by atoms with E-state index in [1.807, 2.05) is 0 Å². The Hall–Kier alpha value is -0.303. The lowest BCUT2D eigenvalue weighted by Crippen LogP contribution is -2.37. The van der Waals surface area contributed by atoms with Crippen molar-refractivity contribution in [3.63, 3.8) is 0 Å². The maximum atomic E-state index is 2.70. The van der Waals surface area contributed by atoms with E-state index in [0.717, 1.165) is 35.1 Å². The van der Waals surface area contributed by atoms with Crippen molar-refractivity contribution in [1.82, 2.24) is 0 Å². The highest BCUT2D eigenvalue weighted by atomic mass is 28.3. The Morgan fingerprint density at radius 3 is 2.00 bits per heavy atom. The average molecular weight is 258 g/mol. The number of allylic oxidation sites excluding steroid dienone is 4. The second-order valence-electron chi connectivity index (χ2n) is 8.12. The van der Waals surface area contributed by atoms with Crippen LogP contribution in [0.1, 0.15) is 25.7 Å². The minimum absolute atomic E-state index is 0.963. The van der Waals surface area contributed by atoms with Gasteiger partial charge in [0, 0.05) is 0 Å². The predicted molar refractivity (Wildman–Crippen MR) is 80.2 cm³/mol. The van der Waals surface area contributed by atoms with Gasteiger partial charge in [-0.25, -0.2) is 0 Å². The molecule has 2 fully saturated rings. The normalized spacial score (nSPS) is 48.6. The Balaban J connectivity index is 1.47. The summed E-state index contributed by atoms with van der Waals surface area (Å²) in [5.41, 5.74) is 1.11. The van der Waals surface area contributed by atoms with Crippen LogP contribution >= 0.6 is 0 Å². The maximum Gasteiger partial charge on any atom is 0.0513 e. The van der Waals surface area contributed by atoms with Crippen LogP contribution in [0, 0.1) is 29.6 Å². The van der Waals surface area contributed by atoms with E-state index in [2.05, 4.69) is 37.4 Å². The van der Waals surface area contributed by atoms with Gasteiger partial charge < -0.3 is 0 Å². The zero-order valence-electron chi connectivity index (χ0n) is 11.8. The van der Waals surface area contributed by atoms with E-state index in [1.165, 1.54) is 25.7 Å². The van der Waals surface area contributed by atoms with Crippen LogP contribution in [0.2, 0.25) is 24.7 Å². The Labute approximate surface area is 113 Å².